The summed E-state index contributed by atoms with van der Waals surface area (Å²) in [5.41, 5.74) is -0.618. The van der Waals surface area contributed by atoms with E-state index in [2.05, 4.69) is 4.98 Å². The highest BCUT2D eigenvalue weighted by molar-refractivity contribution is 5.45. The number of hydrogen-bond acceptors (Lipinski definition) is 5. The van der Waals surface area contributed by atoms with Crippen molar-refractivity contribution in [2.24, 2.45) is 0 Å². The van der Waals surface area contributed by atoms with Gasteiger partial charge >= 0.3 is 5.95 Å². The van der Waals surface area contributed by atoms with E-state index >= 15 is 0 Å². The number of nitrogens with zero attached hydrogens (tertiary/aromatic N) is 4. The zero-order chi connectivity index (χ0) is 18.9. The van der Waals surface area contributed by atoms with Gasteiger partial charge in [-0.2, -0.15) is 0 Å². The molecular formula is C22H28BrN4O3. The Morgan fingerprint density at radius 1 is 1.07 bits per heavy atom. The number of nitro groups is 1. The van der Waals surface area contributed by atoms with Gasteiger partial charge in [-0.1, -0.05) is 39.1 Å². The molecule has 2 aromatic rings. The SMILES string of the molecule is O=[N+]([O-])c1ccc(C2(O)C[n+]3cccnc3N2[C]2CCCCCCC2)cc1.[Br-].[CH2].[CH2]. The minimum Gasteiger partial charge on any atom is -1.00 e. The Labute approximate surface area is 189 Å². The summed E-state index contributed by atoms with van der Waals surface area (Å²) >= 11 is 0. The van der Waals surface area contributed by atoms with Crippen molar-refractivity contribution < 1.29 is 31.6 Å². The third-order valence-corrected chi connectivity index (χ3v) is 5.55. The summed E-state index contributed by atoms with van der Waals surface area (Å²) in [7, 11) is 0. The van der Waals surface area contributed by atoms with Gasteiger partial charge in [0.25, 0.3) is 5.69 Å². The van der Waals surface area contributed by atoms with Gasteiger partial charge in [-0.05, 0) is 37.8 Å². The second-order valence-electron chi connectivity index (χ2n) is 7.34. The van der Waals surface area contributed by atoms with Gasteiger partial charge in [-0.25, -0.2) is 9.47 Å². The van der Waals surface area contributed by atoms with E-state index in [-0.39, 0.29) is 37.5 Å². The first kappa shape index (κ1) is 26.0. The van der Waals surface area contributed by atoms with Crippen LogP contribution in [0.25, 0.3) is 0 Å². The van der Waals surface area contributed by atoms with Crippen molar-refractivity contribution in [2.45, 2.75) is 57.2 Å². The van der Waals surface area contributed by atoms with E-state index in [1.54, 1.807) is 18.3 Å². The minimum atomic E-state index is -1.29. The molecule has 1 N–H and O–H groups in total. The Morgan fingerprint density at radius 3 is 2.27 bits per heavy atom. The second kappa shape index (κ2) is 10.8. The highest BCUT2D eigenvalue weighted by atomic mass is 79.9. The number of nitro benzene ring substituents is 1. The van der Waals surface area contributed by atoms with Gasteiger partial charge in [-0.3, -0.25) is 10.1 Å². The lowest BCUT2D eigenvalue weighted by Gasteiger charge is -2.34. The standard InChI is InChI=1S/C20H24N4O3.2CH2.BrH/c25-20(16-9-11-18(12-10-16)24(26)27)15-22-14-6-13-21-19(22)23(20)17-7-4-2-1-3-5-8-17;;;/h6,9-14,25H,1-5,7-8,15H2;2*1H2;1H/q+1;;;/p-1. The average molecular weight is 476 g/mol. The third kappa shape index (κ3) is 4.81. The van der Waals surface area contributed by atoms with Crippen molar-refractivity contribution in [3.8, 4) is 0 Å². The molecule has 1 saturated carbocycles. The molecule has 0 amide bonds. The van der Waals surface area contributed by atoms with Crippen molar-refractivity contribution in [1.29, 1.82) is 0 Å². The molecule has 1 aromatic carbocycles. The molecule has 7 nitrogen and oxygen atoms in total. The first-order chi connectivity index (χ1) is 13.1. The Hall–Kier alpha value is -2.06. The molecule has 30 heavy (non-hydrogen) atoms. The molecule has 2 heterocycles. The van der Waals surface area contributed by atoms with E-state index in [9.17, 15) is 15.2 Å². The van der Waals surface area contributed by atoms with Crippen molar-refractivity contribution in [2.75, 3.05) is 4.90 Å². The molecular weight excluding hydrogens is 448 g/mol. The Kier molecular flexibility index (Phi) is 9.36. The van der Waals surface area contributed by atoms with Crippen LogP contribution in [0.5, 0.6) is 0 Å². The van der Waals surface area contributed by atoms with Gasteiger partial charge in [0.05, 0.1) is 11.1 Å². The summed E-state index contributed by atoms with van der Waals surface area (Å²) in [6.45, 7) is 0.345. The predicted molar refractivity (Wildman–Crippen MR) is 110 cm³/mol. The van der Waals surface area contributed by atoms with Crippen LogP contribution in [0.15, 0.2) is 42.7 Å². The topological polar surface area (TPSA) is 83.4 Å². The Balaban J connectivity index is 0.00000150. The van der Waals surface area contributed by atoms with Gasteiger partial charge in [0.1, 0.15) is 18.8 Å². The van der Waals surface area contributed by atoms with Crippen LogP contribution in [0.2, 0.25) is 0 Å². The summed E-state index contributed by atoms with van der Waals surface area (Å²) in [6.07, 6.45) is 11.4. The highest BCUT2D eigenvalue weighted by Crippen LogP contribution is 2.42. The predicted octanol–water partition coefficient (Wildman–Crippen LogP) is 0.877. The first-order valence-electron chi connectivity index (χ1n) is 9.56. The smallest absolute Gasteiger partial charge is 0.397 e. The molecule has 1 aliphatic heterocycles. The summed E-state index contributed by atoms with van der Waals surface area (Å²) in [5.74, 6) is 0.730. The first-order valence-corrected chi connectivity index (χ1v) is 9.56. The van der Waals surface area contributed by atoms with Crippen LogP contribution in [0.4, 0.5) is 11.6 Å². The monoisotopic (exact) mass is 475 g/mol. The number of aliphatic hydroxyl groups is 1. The fourth-order valence-corrected chi connectivity index (χ4v) is 4.19. The molecule has 5 radical (unpaired) electrons. The van der Waals surface area contributed by atoms with Crippen LogP contribution >= 0.6 is 0 Å². The van der Waals surface area contributed by atoms with Gasteiger partial charge in [0, 0.05) is 23.8 Å². The van der Waals surface area contributed by atoms with Gasteiger partial charge in [0.15, 0.2) is 0 Å². The van der Waals surface area contributed by atoms with Crippen molar-refractivity contribution in [3.05, 3.63) is 79.3 Å². The fourth-order valence-electron chi connectivity index (χ4n) is 4.19. The van der Waals surface area contributed by atoms with E-state index in [0.717, 1.165) is 31.6 Å². The molecule has 2 aliphatic rings. The number of fused-ring (bicyclic) bond motifs is 1. The summed E-state index contributed by atoms with van der Waals surface area (Å²) in [4.78, 5) is 17.1. The quantitative estimate of drug-likeness (QED) is 0.404. The number of hydrogen-bond donors (Lipinski definition) is 1. The van der Waals surface area contributed by atoms with E-state index in [1.807, 2.05) is 21.7 Å². The molecule has 0 spiro atoms. The maximum atomic E-state index is 11.8. The zero-order valence-electron chi connectivity index (χ0n) is 17.0. The van der Waals surface area contributed by atoms with Gasteiger partial charge in [0.2, 0.25) is 5.72 Å². The van der Waals surface area contributed by atoms with Crippen LogP contribution in [-0.2, 0) is 12.3 Å². The second-order valence-corrected chi connectivity index (χ2v) is 7.34. The summed E-state index contributed by atoms with van der Waals surface area (Å²) in [6, 6.07) is 9.26. The van der Waals surface area contributed by atoms with E-state index < -0.39 is 10.6 Å². The normalized spacial score (nSPS) is 21.2. The van der Waals surface area contributed by atoms with Crippen LogP contribution in [0.3, 0.4) is 0 Å². The molecule has 0 bridgehead atoms. The van der Waals surface area contributed by atoms with Crippen molar-refractivity contribution >= 4 is 11.6 Å². The molecule has 0 saturated heterocycles. The molecule has 1 unspecified atom stereocenters. The molecule has 1 fully saturated rings. The molecule has 1 aromatic heterocycles. The molecule has 4 rings (SSSR count). The van der Waals surface area contributed by atoms with Gasteiger partial charge < -0.3 is 22.1 Å². The number of halogens is 1. The molecule has 1 atom stereocenters. The number of benzene rings is 1. The van der Waals surface area contributed by atoms with Gasteiger partial charge in [-0.15, -0.1) is 0 Å². The minimum absolute atomic E-state index is 0. The fraction of sp³-hybridized carbons (Fsp3) is 0.409. The van der Waals surface area contributed by atoms with Crippen molar-refractivity contribution in [3.63, 3.8) is 0 Å². The molecule has 161 valence electrons. The van der Waals surface area contributed by atoms with Crippen LogP contribution in [0, 0.1) is 31.0 Å². The summed E-state index contributed by atoms with van der Waals surface area (Å²) < 4.78 is 1.95. The summed E-state index contributed by atoms with van der Waals surface area (Å²) in [5, 5.41) is 22.8. The number of anilines is 1. The lowest BCUT2D eigenvalue weighted by atomic mass is 9.92. The van der Waals surface area contributed by atoms with E-state index in [0.29, 0.717) is 12.1 Å². The average Bonchev–Trinajstić information content (AvgIpc) is 2.95. The lowest BCUT2D eigenvalue weighted by molar-refractivity contribution is -0.685. The third-order valence-electron chi connectivity index (χ3n) is 5.55. The maximum Gasteiger partial charge on any atom is 0.397 e. The zero-order valence-corrected chi connectivity index (χ0v) is 18.6. The highest BCUT2D eigenvalue weighted by Gasteiger charge is 2.54. The number of non-ortho nitro benzene ring substituents is 1. The Bertz CT molecular complexity index is 825. The lowest BCUT2D eigenvalue weighted by Crippen LogP contribution is -3.00. The van der Waals surface area contributed by atoms with Crippen LogP contribution < -0.4 is 26.4 Å². The van der Waals surface area contributed by atoms with Crippen LogP contribution in [-0.4, -0.2) is 15.0 Å². The van der Waals surface area contributed by atoms with E-state index in [1.165, 1.54) is 37.4 Å². The Morgan fingerprint density at radius 2 is 1.67 bits per heavy atom. The number of rotatable bonds is 3. The molecule has 8 heteroatoms. The maximum absolute atomic E-state index is 11.8. The number of aromatic nitrogens is 2. The van der Waals surface area contributed by atoms with Crippen LogP contribution in [0.1, 0.15) is 50.5 Å². The van der Waals surface area contributed by atoms with Crippen molar-refractivity contribution in [1.82, 2.24) is 4.98 Å². The largest absolute Gasteiger partial charge is 1.00 e. The molecule has 1 aliphatic carbocycles. The van der Waals surface area contributed by atoms with E-state index in [4.69, 9.17) is 0 Å².